The number of nitro groups is 1. The Morgan fingerprint density at radius 2 is 1.90 bits per heavy atom. The molecular formula is C16H17NO4. The number of hydrogen-bond acceptors (Lipinski definition) is 4. The van der Waals surface area contributed by atoms with Crippen molar-refractivity contribution in [3.63, 3.8) is 0 Å². The van der Waals surface area contributed by atoms with Crippen molar-refractivity contribution in [2.24, 2.45) is 0 Å². The van der Waals surface area contributed by atoms with Gasteiger partial charge in [0, 0.05) is 6.07 Å². The van der Waals surface area contributed by atoms with Crippen LogP contribution in [0.4, 0.5) is 5.69 Å². The number of non-ortho nitro benzene ring substituents is 1. The predicted octanol–water partition coefficient (Wildman–Crippen LogP) is 3.19. The van der Waals surface area contributed by atoms with Gasteiger partial charge in [0.2, 0.25) is 0 Å². The fraction of sp³-hybridized carbons (Fsp3) is 0.250. The van der Waals surface area contributed by atoms with Gasteiger partial charge in [-0.1, -0.05) is 30.3 Å². The van der Waals surface area contributed by atoms with Gasteiger partial charge < -0.3 is 9.84 Å². The lowest BCUT2D eigenvalue weighted by Crippen LogP contribution is -2.29. The van der Waals surface area contributed by atoms with E-state index in [2.05, 4.69) is 0 Å². The van der Waals surface area contributed by atoms with Crippen molar-refractivity contribution in [1.82, 2.24) is 0 Å². The van der Waals surface area contributed by atoms with Gasteiger partial charge in [0.15, 0.2) is 0 Å². The van der Waals surface area contributed by atoms with Crippen LogP contribution in [-0.4, -0.2) is 16.6 Å². The summed E-state index contributed by atoms with van der Waals surface area (Å²) in [5, 5.41) is 21.2. The predicted molar refractivity (Wildman–Crippen MR) is 79.3 cm³/mol. The van der Waals surface area contributed by atoms with Crippen LogP contribution in [0.25, 0.3) is 0 Å². The Hall–Kier alpha value is -2.40. The average molecular weight is 287 g/mol. The van der Waals surface area contributed by atoms with Crippen LogP contribution in [0, 0.1) is 17.0 Å². The minimum absolute atomic E-state index is 0.0129. The topological polar surface area (TPSA) is 72.6 Å². The molecular weight excluding hydrogens is 270 g/mol. The highest BCUT2D eigenvalue weighted by atomic mass is 16.6. The lowest BCUT2D eigenvalue weighted by molar-refractivity contribution is -0.385. The maximum absolute atomic E-state index is 10.8. The van der Waals surface area contributed by atoms with Crippen molar-refractivity contribution in [3.8, 4) is 5.75 Å². The number of nitrogens with zero attached hydrogens (tertiary/aromatic N) is 1. The SMILES string of the molecule is Cc1ccc([N+](=O)[O-])cc1OCC(C)(O)c1ccccc1. The second-order valence-corrected chi connectivity index (χ2v) is 5.14. The molecule has 5 nitrogen and oxygen atoms in total. The minimum atomic E-state index is -1.17. The highest BCUT2D eigenvalue weighted by molar-refractivity contribution is 5.43. The Balaban J connectivity index is 2.16. The van der Waals surface area contributed by atoms with Crippen molar-refractivity contribution in [3.05, 3.63) is 69.8 Å². The van der Waals surface area contributed by atoms with Crippen LogP contribution >= 0.6 is 0 Å². The standard InChI is InChI=1S/C16H17NO4/c1-12-8-9-14(17(19)20)10-15(12)21-11-16(2,18)13-6-4-3-5-7-13/h3-10,18H,11H2,1-2H3. The van der Waals surface area contributed by atoms with Crippen LogP contribution in [0.1, 0.15) is 18.1 Å². The van der Waals surface area contributed by atoms with E-state index in [0.29, 0.717) is 5.75 Å². The maximum Gasteiger partial charge on any atom is 0.273 e. The molecule has 0 radical (unpaired) electrons. The molecule has 0 saturated heterocycles. The molecule has 0 spiro atoms. The zero-order valence-electron chi connectivity index (χ0n) is 11.9. The molecule has 0 heterocycles. The highest BCUT2D eigenvalue weighted by Crippen LogP contribution is 2.27. The molecule has 0 aromatic heterocycles. The normalized spacial score (nSPS) is 13.5. The van der Waals surface area contributed by atoms with E-state index in [0.717, 1.165) is 11.1 Å². The molecule has 5 heteroatoms. The first-order valence-corrected chi connectivity index (χ1v) is 6.56. The van der Waals surface area contributed by atoms with Crippen molar-refractivity contribution in [1.29, 1.82) is 0 Å². The second kappa shape index (κ2) is 5.93. The summed E-state index contributed by atoms with van der Waals surface area (Å²) in [5.41, 5.74) is 0.311. The zero-order valence-corrected chi connectivity index (χ0v) is 11.9. The van der Waals surface area contributed by atoms with Crippen LogP contribution in [-0.2, 0) is 5.60 Å². The van der Waals surface area contributed by atoms with Crippen molar-refractivity contribution >= 4 is 5.69 Å². The van der Waals surface area contributed by atoms with E-state index in [-0.39, 0.29) is 12.3 Å². The molecule has 0 aliphatic rings. The Morgan fingerprint density at radius 3 is 2.52 bits per heavy atom. The highest BCUT2D eigenvalue weighted by Gasteiger charge is 2.24. The smallest absolute Gasteiger partial charge is 0.273 e. The molecule has 2 aromatic carbocycles. The Bertz CT molecular complexity index is 638. The van der Waals surface area contributed by atoms with Crippen LogP contribution < -0.4 is 4.74 Å². The summed E-state index contributed by atoms with van der Waals surface area (Å²) in [4.78, 5) is 10.3. The van der Waals surface area contributed by atoms with Gasteiger partial charge in [-0.15, -0.1) is 0 Å². The minimum Gasteiger partial charge on any atom is -0.490 e. The van der Waals surface area contributed by atoms with Gasteiger partial charge >= 0.3 is 0 Å². The van der Waals surface area contributed by atoms with Gasteiger partial charge in [-0.2, -0.15) is 0 Å². The summed E-state index contributed by atoms with van der Waals surface area (Å²) in [6, 6.07) is 13.6. The van der Waals surface area contributed by atoms with Crippen LogP contribution in [0.2, 0.25) is 0 Å². The fourth-order valence-corrected chi connectivity index (χ4v) is 1.96. The summed E-state index contributed by atoms with van der Waals surface area (Å²) in [6.07, 6.45) is 0. The van der Waals surface area contributed by atoms with Crippen molar-refractivity contribution in [2.45, 2.75) is 19.4 Å². The third-order valence-electron chi connectivity index (χ3n) is 3.29. The van der Waals surface area contributed by atoms with E-state index in [1.54, 1.807) is 19.9 Å². The van der Waals surface area contributed by atoms with Crippen LogP contribution in [0.5, 0.6) is 5.75 Å². The monoisotopic (exact) mass is 287 g/mol. The Morgan fingerprint density at radius 1 is 1.24 bits per heavy atom. The molecule has 1 N–H and O–H groups in total. The maximum atomic E-state index is 10.8. The quantitative estimate of drug-likeness (QED) is 0.677. The molecule has 21 heavy (non-hydrogen) atoms. The first kappa shape index (κ1) is 15.0. The molecule has 0 amide bonds. The van der Waals surface area contributed by atoms with Crippen molar-refractivity contribution < 1.29 is 14.8 Å². The number of nitro benzene ring substituents is 1. The summed E-state index contributed by atoms with van der Waals surface area (Å²) >= 11 is 0. The first-order valence-electron chi connectivity index (χ1n) is 6.56. The number of ether oxygens (including phenoxy) is 1. The molecule has 0 aliphatic heterocycles. The summed E-state index contributed by atoms with van der Waals surface area (Å²) in [5.74, 6) is 0.403. The molecule has 0 aliphatic carbocycles. The van der Waals surface area contributed by atoms with E-state index in [1.807, 2.05) is 30.3 Å². The zero-order chi connectivity index (χ0) is 15.5. The molecule has 0 saturated carbocycles. The largest absolute Gasteiger partial charge is 0.490 e. The lowest BCUT2D eigenvalue weighted by Gasteiger charge is -2.24. The van der Waals surface area contributed by atoms with Crippen molar-refractivity contribution in [2.75, 3.05) is 6.61 Å². The Labute approximate surface area is 123 Å². The summed E-state index contributed by atoms with van der Waals surface area (Å²) < 4.78 is 5.59. The van der Waals surface area contributed by atoms with E-state index >= 15 is 0 Å². The number of benzene rings is 2. The van der Waals surface area contributed by atoms with Gasteiger partial charge in [0.25, 0.3) is 5.69 Å². The number of hydrogen-bond donors (Lipinski definition) is 1. The van der Waals surface area contributed by atoms with E-state index in [1.165, 1.54) is 12.1 Å². The molecule has 110 valence electrons. The number of aryl methyl sites for hydroxylation is 1. The molecule has 0 fully saturated rings. The van der Waals surface area contributed by atoms with Gasteiger partial charge in [0.05, 0.1) is 11.0 Å². The third-order valence-corrected chi connectivity index (χ3v) is 3.29. The Kier molecular flexibility index (Phi) is 4.23. The average Bonchev–Trinajstić information content (AvgIpc) is 2.47. The fourth-order valence-electron chi connectivity index (χ4n) is 1.96. The van der Waals surface area contributed by atoms with Gasteiger partial charge in [-0.25, -0.2) is 0 Å². The van der Waals surface area contributed by atoms with E-state index in [4.69, 9.17) is 4.74 Å². The molecule has 2 aromatic rings. The molecule has 1 atom stereocenters. The summed E-state index contributed by atoms with van der Waals surface area (Å²) in [7, 11) is 0. The second-order valence-electron chi connectivity index (χ2n) is 5.14. The molecule has 0 bridgehead atoms. The van der Waals surface area contributed by atoms with Crippen LogP contribution in [0.3, 0.4) is 0 Å². The number of aliphatic hydroxyl groups is 1. The van der Waals surface area contributed by atoms with E-state index in [9.17, 15) is 15.2 Å². The van der Waals surface area contributed by atoms with Crippen LogP contribution in [0.15, 0.2) is 48.5 Å². The van der Waals surface area contributed by atoms with Gasteiger partial charge in [-0.05, 0) is 31.0 Å². The summed E-state index contributed by atoms with van der Waals surface area (Å²) in [6.45, 7) is 3.46. The molecule has 1 unspecified atom stereocenters. The number of rotatable bonds is 5. The van der Waals surface area contributed by atoms with Gasteiger partial charge in [0.1, 0.15) is 18.0 Å². The molecule has 2 rings (SSSR count). The van der Waals surface area contributed by atoms with Gasteiger partial charge in [-0.3, -0.25) is 10.1 Å². The lowest BCUT2D eigenvalue weighted by atomic mass is 9.97. The third kappa shape index (κ3) is 3.58. The first-order chi connectivity index (χ1) is 9.90. The van der Waals surface area contributed by atoms with E-state index < -0.39 is 10.5 Å².